The Morgan fingerprint density at radius 3 is 2.19 bits per heavy atom. The molecule has 1 atom stereocenters. The zero-order valence-electron chi connectivity index (χ0n) is 17.5. The van der Waals surface area contributed by atoms with Gasteiger partial charge in [0.15, 0.2) is 5.67 Å². The number of carbonyl (C=O) groups is 1. The molecule has 31 heavy (non-hydrogen) atoms. The molecule has 2 aromatic rings. The second kappa shape index (κ2) is 7.99. The van der Waals surface area contributed by atoms with E-state index in [1.807, 2.05) is 32.9 Å². The molecule has 4 rings (SSSR count). The van der Waals surface area contributed by atoms with E-state index in [4.69, 9.17) is 39.5 Å². The number of halogens is 4. The summed E-state index contributed by atoms with van der Waals surface area (Å²) in [4.78, 5) is 13.6. The molecule has 0 saturated carbocycles. The summed E-state index contributed by atoms with van der Waals surface area (Å²) in [6.07, 6.45) is 2.33. The second-order valence-electron chi connectivity index (χ2n) is 8.81. The molecule has 0 aliphatic carbocycles. The Morgan fingerprint density at radius 2 is 1.65 bits per heavy atom. The van der Waals surface area contributed by atoms with Gasteiger partial charge in [-0.1, -0.05) is 72.9 Å². The van der Waals surface area contributed by atoms with Gasteiger partial charge < -0.3 is 9.64 Å². The van der Waals surface area contributed by atoms with E-state index in [1.165, 1.54) is 0 Å². The van der Waals surface area contributed by atoms with E-state index in [9.17, 15) is 4.79 Å². The first-order chi connectivity index (χ1) is 14.5. The van der Waals surface area contributed by atoms with Crippen LogP contribution in [0.1, 0.15) is 43.9 Å². The van der Waals surface area contributed by atoms with Crippen molar-refractivity contribution in [2.75, 3.05) is 13.1 Å². The predicted molar refractivity (Wildman–Crippen MR) is 123 cm³/mol. The summed E-state index contributed by atoms with van der Waals surface area (Å²) in [6.45, 7) is 5.82. The van der Waals surface area contributed by atoms with Gasteiger partial charge in [-0.05, 0) is 41.3 Å². The van der Waals surface area contributed by atoms with Gasteiger partial charge in [0.05, 0.1) is 34.4 Å². The molecule has 1 fully saturated rings. The monoisotopic (exact) mass is 481 g/mol. The van der Waals surface area contributed by atoms with E-state index < -0.39 is 11.3 Å². The van der Waals surface area contributed by atoms with E-state index in [-0.39, 0.29) is 24.9 Å². The maximum Gasteiger partial charge on any atom is 0.225 e. The number of alkyl halides is 1. The second-order valence-corrected chi connectivity index (χ2v) is 10.0. The minimum Gasteiger partial charge on any atom is -0.490 e. The van der Waals surface area contributed by atoms with Crippen molar-refractivity contribution < 1.29 is 13.9 Å². The maximum atomic E-state index is 15.2. The molecule has 2 aromatic carbocycles. The van der Waals surface area contributed by atoms with Crippen molar-refractivity contribution >= 4 is 46.3 Å². The quantitative estimate of drug-likeness (QED) is 0.440. The van der Waals surface area contributed by atoms with Gasteiger partial charge in [-0.25, -0.2) is 4.39 Å². The Kier molecular flexibility index (Phi) is 5.78. The largest absolute Gasteiger partial charge is 0.490 e. The number of nitrogens with zero attached hydrogens (tertiary/aromatic N) is 1. The fourth-order valence-corrected chi connectivity index (χ4v) is 4.69. The lowest BCUT2D eigenvalue weighted by molar-refractivity contribution is -0.149. The average molecular weight is 483 g/mol. The third kappa shape index (κ3) is 4.06. The molecule has 0 N–H and O–H groups in total. The van der Waals surface area contributed by atoms with Gasteiger partial charge in [0, 0.05) is 12.3 Å². The van der Waals surface area contributed by atoms with Crippen LogP contribution in [0, 0.1) is 5.92 Å². The highest BCUT2D eigenvalue weighted by Crippen LogP contribution is 2.45. The van der Waals surface area contributed by atoms with Crippen LogP contribution < -0.4 is 0 Å². The van der Waals surface area contributed by atoms with Gasteiger partial charge in [-0.2, -0.15) is 0 Å². The summed E-state index contributed by atoms with van der Waals surface area (Å²) in [7, 11) is 0. The number of rotatable bonds is 4. The maximum absolute atomic E-state index is 15.2. The molecule has 1 unspecified atom stereocenters. The Morgan fingerprint density at radius 1 is 1.06 bits per heavy atom. The van der Waals surface area contributed by atoms with Crippen molar-refractivity contribution in [2.24, 2.45) is 5.92 Å². The van der Waals surface area contributed by atoms with Gasteiger partial charge >= 0.3 is 0 Å². The van der Waals surface area contributed by atoms with Crippen LogP contribution in [0.3, 0.4) is 0 Å². The van der Waals surface area contributed by atoms with Crippen LogP contribution in [0.25, 0.3) is 5.57 Å². The van der Waals surface area contributed by atoms with E-state index in [0.717, 1.165) is 16.7 Å². The Labute approximate surface area is 196 Å². The minimum atomic E-state index is -1.49. The lowest BCUT2D eigenvalue weighted by Gasteiger charge is -2.45. The van der Waals surface area contributed by atoms with Crippen molar-refractivity contribution in [3.63, 3.8) is 0 Å². The van der Waals surface area contributed by atoms with Crippen LogP contribution in [0.15, 0.2) is 42.7 Å². The van der Waals surface area contributed by atoms with Crippen LogP contribution in [-0.4, -0.2) is 23.9 Å². The lowest BCUT2D eigenvalue weighted by atomic mass is 9.85. The van der Waals surface area contributed by atoms with Crippen LogP contribution in [0.5, 0.6) is 0 Å². The van der Waals surface area contributed by atoms with E-state index in [1.54, 1.807) is 35.4 Å². The molecule has 2 aliphatic rings. The summed E-state index contributed by atoms with van der Waals surface area (Å²) in [5.41, 5.74) is 1.25. The molecule has 0 aromatic heterocycles. The molecule has 7 heteroatoms. The molecule has 1 saturated heterocycles. The topological polar surface area (TPSA) is 29.5 Å². The highest BCUT2D eigenvalue weighted by Gasteiger charge is 2.47. The molecular weight excluding hydrogens is 460 g/mol. The summed E-state index contributed by atoms with van der Waals surface area (Å²) in [6, 6.07) is 10.9. The SMILES string of the molecule is CC(C)C(=O)N1CC(F)(c2ccc(C3=COC(C)(c4cc(Cl)c(Cl)c(Cl)c4)C3)cc2)C1. The zero-order valence-corrected chi connectivity index (χ0v) is 19.8. The predicted octanol–water partition coefficient (Wildman–Crippen LogP) is 6.99. The van der Waals surface area contributed by atoms with Crippen molar-refractivity contribution in [2.45, 2.75) is 38.5 Å². The molecule has 164 valence electrons. The van der Waals surface area contributed by atoms with Gasteiger partial charge in [0.1, 0.15) is 5.60 Å². The number of benzene rings is 2. The van der Waals surface area contributed by atoms with Crippen molar-refractivity contribution in [3.05, 3.63) is 74.4 Å². The van der Waals surface area contributed by atoms with Crippen LogP contribution >= 0.6 is 34.8 Å². The van der Waals surface area contributed by atoms with E-state index in [2.05, 4.69) is 0 Å². The highest BCUT2D eigenvalue weighted by molar-refractivity contribution is 6.48. The molecule has 0 bridgehead atoms. The summed E-state index contributed by atoms with van der Waals surface area (Å²) < 4.78 is 21.2. The van der Waals surface area contributed by atoms with Crippen LogP contribution in [0.4, 0.5) is 4.39 Å². The number of carbonyl (C=O) groups excluding carboxylic acids is 1. The zero-order chi connectivity index (χ0) is 22.6. The number of ether oxygens (including phenoxy) is 1. The molecule has 0 spiro atoms. The Bertz CT molecular complexity index is 1040. The fourth-order valence-electron chi connectivity index (χ4n) is 4.09. The first kappa shape index (κ1) is 22.4. The summed E-state index contributed by atoms with van der Waals surface area (Å²) >= 11 is 18.4. The van der Waals surface area contributed by atoms with Crippen LogP contribution in [0.2, 0.25) is 15.1 Å². The molecule has 0 radical (unpaired) electrons. The standard InChI is InChI=1S/C24H23Cl3FNO2/c1-14(2)22(30)29-12-24(28,13-29)17-6-4-15(5-7-17)16-10-23(3,31-11-16)18-8-19(25)21(27)20(26)9-18/h4-9,11,14H,10,12-13H2,1-3H3. The number of likely N-dealkylation sites (tertiary alicyclic amines) is 1. The van der Waals surface area contributed by atoms with E-state index in [0.29, 0.717) is 27.1 Å². The molecule has 3 nitrogen and oxygen atoms in total. The number of amides is 1. The molecule has 2 heterocycles. The summed E-state index contributed by atoms with van der Waals surface area (Å²) in [5, 5.41) is 1.08. The van der Waals surface area contributed by atoms with Gasteiger partial charge in [-0.15, -0.1) is 0 Å². The summed E-state index contributed by atoms with van der Waals surface area (Å²) in [5.74, 6) is -0.138. The van der Waals surface area contributed by atoms with Crippen molar-refractivity contribution in [1.29, 1.82) is 0 Å². The number of hydrogen-bond donors (Lipinski definition) is 0. The van der Waals surface area contributed by atoms with Crippen molar-refractivity contribution in [1.82, 2.24) is 4.90 Å². The van der Waals surface area contributed by atoms with E-state index >= 15 is 4.39 Å². The van der Waals surface area contributed by atoms with Gasteiger partial charge in [-0.3, -0.25) is 4.79 Å². The van der Waals surface area contributed by atoms with Crippen LogP contribution in [-0.2, 0) is 20.8 Å². The normalized spacial score (nSPS) is 22.2. The van der Waals surface area contributed by atoms with Gasteiger partial charge in [0.2, 0.25) is 5.91 Å². The minimum absolute atomic E-state index is 0.0140. The molecule has 2 aliphatic heterocycles. The molecule has 1 amide bonds. The smallest absolute Gasteiger partial charge is 0.225 e. The third-order valence-electron chi connectivity index (χ3n) is 6.05. The molecular formula is C24H23Cl3FNO2. The number of hydrogen-bond acceptors (Lipinski definition) is 2. The third-order valence-corrected chi connectivity index (χ3v) is 7.24. The van der Waals surface area contributed by atoms with Crippen molar-refractivity contribution in [3.8, 4) is 0 Å². The highest BCUT2D eigenvalue weighted by atomic mass is 35.5. The van der Waals surface area contributed by atoms with Gasteiger partial charge in [0.25, 0.3) is 0 Å². The first-order valence-corrected chi connectivity index (χ1v) is 11.3. The first-order valence-electron chi connectivity index (χ1n) is 10.1. The Balaban J connectivity index is 1.47. The lowest BCUT2D eigenvalue weighted by Crippen LogP contribution is -2.59. The Hall–Kier alpha value is -1.75. The fraction of sp³-hybridized carbons (Fsp3) is 0.375. The average Bonchev–Trinajstić information content (AvgIpc) is 3.12.